The topological polar surface area (TPSA) is 54.0 Å². The van der Waals surface area contributed by atoms with Crippen LogP contribution in [0.15, 0.2) is 97.3 Å². The predicted octanol–water partition coefficient (Wildman–Crippen LogP) is 6.41. The van der Waals surface area contributed by atoms with Crippen molar-refractivity contribution in [2.24, 2.45) is 0 Å². The fraction of sp³-hybridized carbons (Fsp3) is 0.161. The van der Waals surface area contributed by atoms with E-state index in [4.69, 9.17) is 0 Å². The van der Waals surface area contributed by atoms with Crippen LogP contribution in [0.2, 0.25) is 0 Å². The van der Waals surface area contributed by atoms with Gasteiger partial charge in [-0.3, -0.25) is 9.78 Å². The minimum absolute atomic E-state index is 0.257. The molecule has 0 spiro atoms. The Morgan fingerprint density at radius 2 is 1.63 bits per heavy atom. The summed E-state index contributed by atoms with van der Waals surface area (Å²) in [5.41, 5.74) is 3.77. The van der Waals surface area contributed by atoms with Gasteiger partial charge in [-0.15, -0.1) is 0 Å². The van der Waals surface area contributed by atoms with Gasteiger partial charge in [-0.2, -0.15) is 0 Å². The van der Waals surface area contributed by atoms with Crippen molar-refractivity contribution in [2.75, 3.05) is 6.54 Å². The Morgan fingerprint density at radius 1 is 0.895 bits per heavy atom. The number of amides is 1. The van der Waals surface area contributed by atoms with E-state index < -0.39 is 11.6 Å². The van der Waals surface area contributed by atoms with E-state index in [1.54, 1.807) is 12.4 Å². The highest BCUT2D eigenvalue weighted by Gasteiger charge is 2.18. The molecule has 0 radical (unpaired) electrons. The van der Waals surface area contributed by atoms with E-state index in [-0.39, 0.29) is 11.9 Å². The van der Waals surface area contributed by atoms with Crippen LogP contribution >= 0.6 is 22.6 Å². The van der Waals surface area contributed by atoms with Crippen LogP contribution in [0.25, 0.3) is 11.6 Å². The molecule has 0 saturated heterocycles. The number of carbonyl (C=O) groups is 1. The van der Waals surface area contributed by atoms with Gasteiger partial charge >= 0.3 is 0 Å². The summed E-state index contributed by atoms with van der Waals surface area (Å²) < 4.78 is 29.0. The summed E-state index contributed by atoms with van der Waals surface area (Å²) in [6, 6.07) is 24.4. The number of aromatic nitrogens is 1. The maximum Gasteiger partial charge on any atom is 0.252 e. The van der Waals surface area contributed by atoms with Crippen LogP contribution in [0, 0.1) is 15.2 Å². The van der Waals surface area contributed by atoms with Crippen LogP contribution in [-0.4, -0.2) is 23.5 Å². The second-order valence-corrected chi connectivity index (χ2v) is 10.2. The zero-order chi connectivity index (χ0) is 26.7. The van der Waals surface area contributed by atoms with E-state index in [0.29, 0.717) is 37.1 Å². The van der Waals surface area contributed by atoms with E-state index in [0.717, 1.165) is 26.3 Å². The van der Waals surface area contributed by atoms with Gasteiger partial charge in [-0.05, 0) is 107 Å². The lowest BCUT2D eigenvalue weighted by Crippen LogP contribution is -2.39. The molecule has 0 aliphatic rings. The predicted molar refractivity (Wildman–Crippen MR) is 156 cm³/mol. The summed E-state index contributed by atoms with van der Waals surface area (Å²) >= 11 is 2.28. The first-order chi connectivity index (χ1) is 18.5. The quantitative estimate of drug-likeness (QED) is 0.115. The minimum Gasteiger partial charge on any atom is -0.349 e. The van der Waals surface area contributed by atoms with Crippen LogP contribution in [0.4, 0.5) is 8.78 Å². The third kappa shape index (κ3) is 8.56. The third-order valence-corrected chi connectivity index (χ3v) is 6.64. The molecule has 0 unspecified atom stereocenters. The average molecular weight is 623 g/mol. The Labute approximate surface area is 235 Å². The van der Waals surface area contributed by atoms with E-state index in [1.165, 1.54) is 12.1 Å². The lowest BCUT2D eigenvalue weighted by Gasteiger charge is -2.21. The van der Waals surface area contributed by atoms with Gasteiger partial charge in [-0.25, -0.2) is 8.78 Å². The zero-order valence-corrected chi connectivity index (χ0v) is 22.9. The van der Waals surface area contributed by atoms with Crippen LogP contribution < -0.4 is 10.6 Å². The highest BCUT2D eigenvalue weighted by Crippen LogP contribution is 2.20. The van der Waals surface area contributed by atoms with Gasteiger partial charge in [-0.1, -0.05) is 42.5 Å². The maximum atomic E-state index is 13.9. The smallest absolute Gasteiger partial charge is 0.252 e. The number of nitrogens with one attached hydrogen (secondary N) is 2. The first-order valence-electron chi connectivity index (χ1n) is 12.3. The number of benzene rings is 3. The number of halogens is 3. The number of nitrogens with zero attached hydrogens (tertiary/aromatic N) is 1. The molecule has 4 nitrogen and oxygen atoms in total. The highest BCUT2D eigenvalue weighted by atomic mass is 127. The van der Waals surface area contributed by atoms with Crippen LogP contribution in [0.5, 0.6) is 0 Å². The average Bonchev–Trinajstić information content (AvgIpc) is 2.90. The molecule has 2 N–H and O–H groups in total. The first kappa shape index (κ1) is 27.6. The van der Waals surface area contributed by atoms with Crippen LogP contribution in [0.1, 0.15) is 28.7 Å². The van der Waals surface area contributed by atoms with Crippen LogP contribution in [-0.2, 0) is 17.8 Å². The molecule has 3 aromatic carbocycles. The standard InChI is InChI=1S/C31H28F2IN3O/c32-26-15-24(16-27(33)20-26)18-29(11-14-36-21-23-5-4-8-28(34)17-23)37-31(38)30(25-6-2-1-3-7-25)19-22-9-12-35-13-10-22/h1-10,12-13,15-17,19-20,29,36H,11,14,18,21H2,(H,37,38)/b30-19-/t29-/m1/s1. The minimum atomic E-state index is -0.635. The highest BCUT2D eigenvalue weighted by molar-refractivity contribution is 14.1. The van der Waals surface area contributed by atoms with Gasteiger partial charge in [0.2, 0.25) is 0 Å². The molecule has 4 aromatic rings. The summed E-state index contributed by atoms with van der Waals surface area (Å²) in [4.78, 5) is 17.7. The van der Waals surface area contributed by atoms with Crippen molar-refractivity contribution in [1.82, 2.24) is 15.6 Å². The van der Waals surface area contributed by atoms with Crippen molar-refractivity contribution in [3.05, 3.63) is 135 Å². The lowest BCUT2D eigenvalue weighted by atomic mass is 9.99. The molecule has 0 aliphatic heterocycles. The SMILES string of the molecule is O=C(N[C@H](CCNCc1cccc(I)c1)Cc1cc(F)cc(F)c1)/C(=C\c1ccncc1)c1ccccc1. The summed E-state index contributed by atoms with van der Waals surface area (Å²) in [6.07, 6.45) is 6.04. The Hall–Kier alpha value is -3.43. The van der Waals surface area contributed by atoms with Crippen molar-refractivity contribution < 1.29 is 13.6 Å². The van der Waals surface area contributed by atoms with Crippen molar-refractivity contribution >= 4 is 40.1 Å². The molecule has 38 heavy (non-hydrogen) atoms. The van der Waals surface area contributed by atoms with Crippen molar-refractivity contribution in [3.63, 3.8) is 0 Å². The molecule has 4 rings (SSSR count). The molecule has 0 saturated carbocycles. The van der Waals surface area contributed by atoms with Gasteiger partial charge in [0.25, 0.3) is 5.91 Å². The second-order valence-electron chi connectivity index (χ2n) is 8.95. The molecule has 0 bridgehead atoms. The number of rotatable bonds is 11. The van der Waals surface area contributed by atoms with Gasteiger partial charge in [0.05, 0.1) is 0 Å². The third-order valence-electron chi connectivity index (χ3n) is 5.97. The molecule has 0 aliphatic carbocycles. The molecule has 1 atom stereocenters. The molecule has 1 amide bonds. The second kappa shape index (κ2) is 13.9. The summed E-state index contributed by atoms with van der Waals surface area (Å²) in [7, 11) is 0. The number of carbonyl (C=O) groups excluding carboxylic acids is 1. The van der Waals surface area contributed by atoms with Gasteiger partial charge < -0.3 is 10.6 Å². The zero-order valence-electron chi connectivity index (χ0n) is 20.7. The Balaban J connectivity index is 1.52. The number of hydrogen-bond donors (Lipinski definition) is 2. The van der Waals surface area contributed by atoms with Crippen molar-refractivity contribution in [1.29, 1.82) is 0 Å². The maximum absolute atomic E-state index is 13.9. The fourth-order valence-corrected chi connectivity index (χ4v) is 4.79. The van der Waals surface area contributed by atoms with E-state index in [2.05, 4.69) is 50.3 Å². The summed E-state index contributed by atoms with van der Waals surface area (Å²) in [6.45, 7) is 1.30. The molecule has 1 aromatic heterocycles. The van der Waals surface area contributed by atoms with E-state index in [9.17, 15) is 13.6 Å². The van der Waals surface area contributed by atoms with Crippen LogP contribution in [0.3, 0.4) is 0 Å². The van der Waals surface area contributed by atoms with E-state index in [1.807, 2.05) is 60.7 Å². The number of pyridine rings is 1. The van der Waals surface area contributed by atoms with Gasteiger partial charge in [0.1, 0.15) is 11.6 Å². The summed E-state index contributed by atoms with van der Waals surface area (Å²) in [5.74, 6) is -1.53. The summed E-state index contributed by atoms with van der Waals surface area (Å²) in [5, 5.41) is 6.54. The molecular formula is C31H28F2IN3O. The van der Waals surface area contributed by atoms with Crippen molar-refractivity contribution in [2.45, 2.75) is 25.4 Å². The Kier molecular flexibility index (Phi) is 10.1. The molecular weight excluding hydrogens is 595 g/mol. The molecule has 1 heterocycles. The normalized spacial score (nSPS) is 12.2. The van der Waals surface area contributed by atoms with Crippen molar-refractivity contribution in [3.8, 4) is 0 Å². The molecule has 194 valence electrons. The number of hydrogen-bond acceptors (Lipinski definition) is 3. The fourth-order valence-electron chi connectivity index (χ4n) is 4.18. The molecule has 7 heteroatoms. The Bertz CT molecular complexity index is 1360. The lowest BCUT2D eigenvalue weighted by molar-refractivity contribution is -0.116. The first-order valence-corrected chi connectivity index (χ1v) is 13.4. The van der Waals surface area contributed by atoms with Gasteiger partial charge in [0.15, 0.2) is 0 Å². The Morgan fingerprint density at radius 3 is 2.34 bits per heavy atom. The monoisotopic (exact) mass is 623 g/mol. The van der Waals surface area contributed by atoms with Gasteiger partial charge in [0, 0.05) is 40.2 Å². The largest absolute Gasteiger partial charge is 0.349 e. The molecule has 0 fully saturated rings. The van der Waals surface area contributed by atoms with E-state index >= 15 is 0 Å².